The number of aromatic amines is 1. The first kappa shape index (κ1) is 29.1. The summed E-state index contributed by atoms with van der Waals surface area (Å²) in [6, 6.07) is 27.1. The number of fused-ring (bicyclic) bond motifs is 1. The Bertz CT molecular complexity index is 1980. The highest BCUT2D eigenvalue weighted by Gasteiger charge is 2.26. The van der Waals surface area contributed by atoms with Gasteiger partial charge in [-0.15, -0.1) is 0 Å². The Labute approximate surface area is 269 Å². The van der Waals surface area contributed by atoms with Gasteiger partial charge < -0.3 is 24.5 Å². The zero-order valence-corrected chi connectivity index (χ0v) is 25.6. The van der Waals surface area contributed by atoms with Gasteiger partial charge in [-0.3, -0.25) is 4.79 Å². The molecule has 45 heavy (non-hydrogen) atoms. The summed E-state index contributed by atoms with van der Waals surface area (Å²) >= 11 is 12.5. The van der Waals surface area contributed by atoms with Crippen molar-refractivity contribution < 1.29 is 13.9 Å². The van der Waals surface area contributed by atoms with Crippen molar-refractivity contribution in [3.63, 3.8) is 0 Å². The van der Waals surface area contributed by atoms with E-state index in [-0.39, 0.29) is 11.7 Å². The number of carbonyl (C=O) groups excluding carboxylic acids is 1. The summed E-state index contributed by atoms with van der Waals surface area (Å²) < 4.78 is 21.4. The molecule has 0 aliphatic carbocycles. The second kappa shape index (κ2) is 12.4. The second-order valence-corrected chi connectivity index (χ2v) is 11.7. The third kappa shape index (κ3) is 6.04. The number of halogens is 3. The van der Waals surface area contributed by atoms with Crippen molar-refractivity contribution in [1.82, 2.24) is 14.5 Å². The van der Waals surface area contributed by atoms with E-state index in [0.29, 0.717) is 63.7 Å². The van der Waals surface area contributed by atoms with Crippen molar-refractivity contribution in [2.75, 3.05) is 36.5 Å². The molecule has 6 aromatic rings. The fourth-order valence-electron chi connectivity index (χ4n) is 5.73. The van der Waals surface area contributed by atoms with Crippen molar-refractivity contribution in [2.45, 2.75) is 6.54 Å². The molecule has 0 atom stereocenters. The molecule has 1 saturated heterocycles. The lowest BCUT2D eigenvalue weighted by Gasteiger charge is -2.28. The van der Waals surface area contributed by atoms with Crippen LogP contribution in [0.15, 0.2) is 97.3 Å². The highest BCUT2D eigenvalue weighted by atomic mass is 35.5. The number of rotatable bonds is 7. The summed E-state index contributed by atoms with van der Waals surface area (Å²) in [6.07, 6.45) is 1.74. The number of aromatic nitrogens is 3. The third-order valence-electron chi connectivity index (χ3n) is 7.95. The predicted molar refractivity (Wildman–Crippen MR) is 178 cm³/mol. The average Bonchev–Trinajstić information content (AvgIpc) is 3.64. The minimum Gasteiger partial charge on any atom is -0.378 e. The second-order valence-electron chi connectivity index (χ2n) is 10.9. The Kier molecular flexibility index (Phi) is 8.02. The van der Waals surface area contributed by atoms with Crippen LogP contribution in [0.25, 0.3) is 33.4 Å². The molecule has 0 spiro atoms. The van der Waals surface area contributed by atoms with Crippen LogP contribution in [-0.4, -0.2) is 46.7 Å². The highest BCUT2D eigenvalue weighted by molar-refractivity contribution is 6.31. The maximum absolute atomic E-state index is 14.1. The van der Waals surface area contributed by atoms with Crippen molar-refractivity contribution in [1.29, 1.82) is 0 Å². The Balaban J connectivity index is 1.33. The molecule has 0 saturated carbocycles. The summed E-state index contributed by atoms with van der Waals surface area (Å²) in [6.45, 7) is 3.50. The number of imidazole rings is 1. The molecule has 7 rings (SSSR count). The topological polar surface area (TPSA) is 75.2 Å². The Morgan fingerprint density at radius 1 is 0.911 bits per heavy atom. The van der Waals surface area contributed by atoms with Gasteiger partial charge in [-0.2, -0.15) is 0 Å². The fourth-order valence-corrected chi connectivity index (χ4v) is 6.02. The lowest BCUT2D eigenvalue weighted by Crippen LogP contribution is -2.36. The fraction of sp³-hybridized carbons (Fsp3) is 0.143. The van der Waals surface area contributed by atoms with Crippen LogP contribution in [0, 0.1) is 5.82 Å². The molecule has 3 heterocycles. The number of nitrogens with zero attached hydrogens (tertiary/aromatic N) is 3. The van der Waals surface area contributed by atoms with Crippen LogP contribution in [0.4, 0.5) is 15.8 Å². The molecule has 10 heteroatoms. The number of benzene rings is 4. The van der Waals surface area contributed by atoms with Gasteiger partial charge in [-0.1, -0.05) is 41.4 Å². The van der Waals surface area contributed by atoms with E-state index in [9.17, 15) is 9.18 Å². The molecule has 226 valence electrons. The predicted octanol–water partition coefficient (Wildman–Crippen LogP) is 8.28. The molecule has 4 aromatic carbocycles. The van der Waals surface area contributed by atoms with Gasteiger partial charge in [0.25, 0.3) is 5.91 Å². The monoisotopic (exact) mass is 639 g/mol. The number of amides is 1. The van der Waals surface area contributed by atoms with E-state index in [1.165, 1.54) is 12.1 Å². The molecule has 1 amide bonds. The van der Waals surface area contributed by atoms with Gasteiger partial charge in [0, 0.05) is 63.1 Å². The van der Waals surface area contributed by atoms with Gasteiger partial charge >= 0.3 is 0 Å². The van der Waals surface area contributed by atoms with Crippen LogP contribution < -0.4 is 10.2 Å². The smallest absolute Gasteiger partial charge is 0.272 e. The number of ether oxygens (including phenoxy) is 1. The maximum atomic E-state index is 14.1. The largest absolute Gasteiger partial charge is 0.378 e. The van der Waals surface area contributed by atoms with Crippen LogP contribution in [0.1, 0.15) is 16.1 Å². The van der Waals surface area contributed by atoms with Gasteiger partial charge in [0.15, 0.2) is 0 Å². The standard InChI is InChI=1S/C35H28Cl2FN5O2/c36-24-5-1-22(2-6-24)20-43-21-39-32(23-3-8-26(38)9-4-23)34(43)31-29-14-7-25(37)19-30(29)41-33(31)35(44)40-27-10-12-28(13-11-27)42-15-17-45-18-16-42/h1-14,19,21,41H,15-18,20H2,(H,40,44). The lowest BCUT2D eigenvalue weighted by atomic mass is 10.0. The molecule has 1 fully saturated rings. The number of hydrogen-bond acceptors (Lipinski definition) is 4. The van der Waals surface area contributed by atoms with Crippen molar-refractivity contribution >= 4 is 51.4 Å². The number of anilines is 2. The van der Waals surface area contributed by atoms with E-state index < -0.39 is 0 Å². The first-order chi connectivity index (χ1) is 21.9. The van der Waals surface area contributed by atoms with Crippen LogP contribution in [0.2, 0.25) is 10.0 Å². The van der Waals surface area contributed by atoms with E-state index in [1.54, 1.807) is 30.6 Å². The minimum absolute atomic E-state index is 0.319. The van der Waals surface area contributed by atoms with Crippen molar-refractivity contribution in [2.24, 2.45) is 0 Å². The molecule has 0 unspecified atom stereocenters. The summed E-state index contributed by atoms with van der Waals surface area (Å²) in [4.78, 5) is 24.4. The minimum atomic E-state index is -0.345. The number of carbonyl (C=O) groups is 1. The summed E-state index contributed by atoms with van der Waals surface area (Å²) in [5.74, 6) is -0.664. The van der Waals surface area contributed by atoms with E-state index in [0.717, 1.165) is 35.3 Å². The molecule has 1 aliphatic heterocycles. The maximum Gasteiger partial charge on any atom is 0.272 e. The third-order valence-corrected chi connectivity index (χ3v) is 8.43. The number of nitrogens with one attached hydrogen (secondary N) is 2. The average molecular weight is 641 g/mol. The molecule has 2 N–H and O–H groups in total. The number of hydrogen-bond donors (Lipinski definition) is 2. The SMILES string of the molecule is O=C(Nc1ccc(N2CCOCC2)cc1)c1[nH]c2cc(Cl)ccc2c1-c1c(-c2ccc(F)cc2)ncn1Cc1ccc(Cl)cc1. The van der Waals surface area contributed by atoms with Gasteiger partial charge in [0.1, 0.15) is 11.5 Å². The first-order valence-corrected chi connectivity index (χ1v) is 15.3. The van der Waals surface area contributed by atoms with Gasteiger partial charge in [-0.25, -0.2) is 9.37 Å². The summed E-state index contributed by atoms with van der Waals surface area (Å²) in [5, 5.41) is 5.04. The van der Waals surface area contributed by atoms with Gasteiger partial charge in [0.2, 0.25) is 0 Å². The van der Waals surface area contributed by atoms with Crippen LogP contribution in [0.5, 0.6) is 0 Å². The van der Waals surface area contributed by atoms with E-state index in [4.69, 9.17) is 32.9 Å². The van der Waals surface area contributed by atoms with Crippen LogP contribution in [0.3, 0.4) is 0 Å². The lowest BCUT2D eigenvalue weighted by molar-refractivity contribution is 0.102. The zero-order valence-electron chi connectivity index (χ0n) is 24.1. The first-order valence-electron chi connectivity index (χ1n) is 14.5. The van der Waals surface area contributed by atoms with Crippen molar-refractivity contribution in [3.05, 3.63) is 124 Å². The van der Waals surface area contributed by atoms with E-state index >= 15 is 0 Å². The molecule has 2 aromatic heterocycles. The Hall–Kier alpha value is -4.63. The van der Waals surface area contributed by atoms with Crippen LogP contribution >= 0.6 is 23.2 Å². The van der Waals surface area contributed by atoms with E-state index in [1.807, 2.05) is 59.2 Å². The highest BCUT2D eigenvalue weighted by Crippen LogP contribution is 2.40. The quantitative estimate of drug-likeness (QED) is 0.184. The number of H-pyrrole nitrogens is 1. The molecule has 1 aliphatic rings. The Morgan fingerprint density at radius 3 is 2.36 bits per heavy atom. The van der Waals surface area contributed by atoms with Crippen molar-refractivity contribution in [3.8, 4) is 22.5 Å². The Morgan fingerprint density at radius 2 is 1.62 bits per heavy atom. The normalized spacial score (nSPS) is 13.4. The van der Waals surface area contributed by atoms with Crippen LogP contribution in [-0.2, 0) is 11.3 Å². The molecular weight excluding hydrogens is 612 g/mol. The summed E-state index contributed by atoms with van der Waals surface area (Å²) in [7, 11) is 0. The zero-order chi connectivity index (χ0) is 30.9. The molecule has 7 nitrogen and oxygen atoms in total. The molecule has 0 bridgehead atoms. The summed E-state index contributed by atoms with van der Waals surface area (Å²) in [5.41, 5.74) is 6.49. The molecule has 0 radical (unpaired) electrons. The molecular formula is C35H28Cl2FN5O2. The van der Waals surface area contributed by atoms with E-state index in [2.05, 4.69) is 15.2 Å². The van der Waals surface area contributed by atoms with Gasteiger partial charge in [-0.05, 0) is 78.4 Å². The number of morpholine rings is 1. The van der Waals surface area contributed by atoms with Gasteiger partial charge in [0.05, 0.1) is 30.9 Å².